The molecule has 3 rings (SSSR count). The van der Waals surface area contributed by atoms with Crippen molar-refractivity contribution in [1.29, 1.82) is 0 Å². The van der Waals surface area contributed by atoms with Gasteiger partial charge in [0.05, 0.1) is 11.3 Å². The zero-order chi connectivity index (χ0) is 19.3. The van der Waals surface area contributed by atoms with Gasteiger partial charge >= 0.3 is 6.18 Å². The number of rotatable bonds is 2. The van der Waals surface area contributed by atoms with Gasteiger partial charge in [-0.05, 0) is 37.6 Å². The number of thiazole rings is 1. The molecule has 1 aromatic heterocycles. The molecule has 0 amide bonds. The highest BCUT2D eigenvalue weighted by atomic mass is 35.5. The van der Waals surface area contributed by atoms with Crippen LogP contribution in [0.1, 0.15) is 21.7 Å². The van der Waals surface area contributed by atoms with Gasteiger partial charge < -0.3 is 0 Å². The van der Waals surface area contributed by atoms with Crippen LogP contribution >= 0.6 is 22.9 Å². The maximum absolute atomic E-state index is 12.4. The third-order valence-electron chi connectivity index (χ3n) is 3.61. The fourth-order valence-electron chi connectivity index (χ4n) is 2.04. The molecule has 6 heteroatoms. The molecular formula is C20H17ClF3NS. The SMILES string of the molecule is C=Cc1ccccc1Cl.Cc1nc(-c2ccc(C(F)(F)F)cc2)sc1C. The number of aromatic nitrogens is 1. The Morgan fingerprint density at radius 2 is 1.65 bits per heavy atom. The first-order valence-corrected chi connectivity index (χ1v) is 8.90. The van der Waals surface area contributed by atoms with Gasteiger partial charge in [-0.15, -0.1) is 11.3 Å². The molecule has 0 saturated heterocycles. The van der Waals surface area contributed by atoms with Crippen LogP contribution in [0, 0.1) is 13.8 Å². The van der Waals surface area contributed by atoms with Crippen molar-refractivity contribution >= 4 is 29.0 Å². The third kappa shape index (κ3) is 5.19. The van der Waals surface area contributed by atoms with E-state index in [4.69, 9.17) is 11.6 Å². The molecule has 0 aliphatic rings. The van der Waals surface area contributed by atoms with Gasteiger partial charge in [0.1, 0.15) is 5.01 Å². The van der Waals surface area contributed by atoms with Crippen LogP contribution in [0.5, 0.6) is 0 Å². The second-order valence-corrected chi connectivity index (χ2v) is 7.07. The number of hydrogen-bond acceptors (Lipinski definition) is 2. The Hall–Kier alpha value is -2.11. The molecule has 2 aromatic carbocycles. The van der Waals surface area contributed by atoms with Gasteiger partial charge in [-0.25, -0.2) is 4.98 Å². The zero-order valence-corrected chi connectivity index (χ0v) is 15.8. The summed E-state index contributed by atoms with van der Waals surface area (Å²) in [7, 11) is 0. The first-order valence-electron chi connectivity index (χ1n) is 7.71. The minimum Gasteiger partial charge on any atom is -0.241 e. The number of hydrogen-bond donors (Lipinski definition) is 0. The van der Waals surface area contributed by atoms with E-state index in [0.29, 0.717) is 0 Å². The predicted molar refractivity (Wildman–Crippen MR) is 104 cm³/mol. The van der Waals surface area contributed by atoms with Crippen LogP contribution < -0.4 is 0 Å². The third-order valence-corrected chi connectivity index (χ3v) is 5.08. The van der Waals surface area contributed by atoms with Crippen molar-refractivity contribution in [1.82, 2.24) is 4.98 Å². The highest BCUT2D eigenvalue weighted by molar-refractivity contribution is 7.15. The van der Waals surface area contributed by atoms with Crippen LogP contribution in [-0.4, -0.2) is 4.98 Å². The standard InChI is InChI=1S/C12H10F3NS.C8H7Cl/c1-7-8(2)17-11(16-7)9-3-5-10(6-4-9)12(13,14)15;1-2-7-5-3-4-6-8(7)9/h3-6H,1-2H3;2-6H,1H2. The molecule has 26 heavy (non-hydrogen) atoms. The molecule has 0 N–H and O–H groups in total. The predicted octanol–water partition coefficient (Wildman–Crippen LogP) is 7.43. The van der Waals surface area contributed by atoms with Crippen molar-refractivity contribution in [3.05, 3.63) is 81.8 Å². The molecule has 0 atom stereocenters. The second kappa shape index (κ2) is 8.52. The summed E-state index contributed by atoms with van der Waals surface area (Å²) in [4.78, 5) is 5.39. The lowest BCUT2D eigenvalue weighted by Crippen LogP contribution is -2.03. The van der Waals surface area contributed by atoms with Gasteiger partial charge in [-0.1, -0.05) is 54.6 Å². The Kier molecular flexibility index (Phi) is 6.62. The van der Waals surface area contributed by atoms with E-state index < -0.39 is 11.7 Å². The Morgan fingerprint density at radius 3 is 2.08 bits per heavy atom. The zero-order valence-electron chi connectivity index (χ0n) is 14.3. The Labute approximate surface area is 159 Å². The quantitative estimate of drug-likeness (QED) is 0.439. The van der Waals surface area contributed by atoms with Gasteiger partial charge in [0.2, 0.25) is 0 Å². The van der Waals surface area contributed by atoms with Crippen molar-refractivity contribution in [2.24, 2.45) is 0 Å². The maximum atomic E-state index is 12.4. The first-order chi connectivity index (χ1) is 12.2. The van der Waals surface area contributed by atoms with E-state index in [2.05, 4.69) is 11.6 Å². The van der Waals surface area contributed by atoms with Crippen molar-refractivity contribution < 1.29 is 13.2 Å². The van der Waals surface area contributed by atoms with Gasteiger partial charge in [-0.2, -0.15) is 13.2 Å². The molecule has 0 radical (unpaired) electrons. The number of nitrogens with zero attached hydrogens (tertiary/aromatic N) is 1. The van der Waals surface area contributed by atoms with E-state index in [0.717, 1.165) is 43.9 Å². The van der Waals surface area contributed by atoms with Crippen LogP contribution in [0.4, 0.5) is 13.2 Å². The molecule has 0 fully saturated rings. The fraction of sp³-hybridized carbons (Fsp3) is 0.150. The Morgan fingerprint density at radius 1 is 1.04 bits per heavy atom. The van der Waals surface area contributed by atoms with Gasteiger partial charge in [0.25, 0.3) is 0 Å². The van der Waals surface area contributed by atoms with Crippen LogP contribution in [0.15, 0.2) is 55.1 Å². The normalized spacial score (nSPS) is 10.8. The van der Waals surface area contributed by atoms with E-state index in [1.165, 1.54) is 23.5 Å². The summed E-state index contributed by atoms with van der Waals surface area (Å²) in [5.74, 6) is 0. The van der Waals surface area contributed by atoms with Gasteiger partial charge in [0.15, 0.2) is 0 Å². The van der Waals surface area contributed by atoms with E-state index in [1.54, 1.807) is 6.08 Å². The molecule has 0 spiro atoms. The smallest absolute Gasteiger partial charge is 0.241 e. The fourth-order valence-corrected chi connectivity index (χ4v) is 3.17. The minimum atomic E-state index is -4.28. The number of alkyl halides is 3. The summed E-state index contributed by atoms with van der Waals surface area (Å²) in [6.45, 7) is 7.44. The van der Waals surface area contributed by atoms with Crippen molar-refractivity contribution in [3.63, 3.8) is 0 Å². The molecule has 0 bridgehead atoms. The molecule has 3 aromatic rings. The summed E-state index contributed by atoms with van der Waals surface area (Å²) in [5, 5.41) is 1.52. The van der Waals surface area contributed by atoms with E-state index in [-0.39, 0.29) is 0 Å². The molecule has 0 unspecified atom stereocenters. The summed E-state index contributed by atoms with van der Waals surface area (Å²) < 4.78 is 37.1. The van der Waals surface area contributed by atoms with Crippen molar-refractivity contribution in [3.8, 4) is 10.6 Å². The summed E-state index contributed by atoms with van der Waals surface area (Å²) in [6.07, 6.45) is -2.55. The summed E-state index contributed by atoms with van der Waals surface area (Å²) in [5.41, 5.74) is 1.99. The summed E-state index contributed by atoms with van der Waals surface area (Å²) in [6, 6.07) is 12.7. The van der Waals surface area contributed by atoms with Crippen LogP contribution in [0.25, 0.3) is 16.6 Å². The Balaban J connectivity index is 0.000000228. The lowest BCUT2D eigenvalue weighted by atomic mass is 10.1. The largest absolute Gasteiger partial charge is 0.416 e. The minimum absolute atomic E-state index is 0.633. The molecule has 1 nitrogen and oxygen atoms in total. The monoisotopic (exact) mass is 395 g/mol. The average molecular weight is 396 g/mol. The van der Waals surface area contributed by atoms with Crippen LogP contribution in [0.3, 0.4) is 0 Å². The van der Waals surface area contributed by atoms with Crippen molar-refractivity contribution in [2.45, 2.75) is 20.0 Å². The molecule has 0 aliphatic heterocycles. The lowest BCUT2D eigenvalue weighted by Gasteiger charge is -2.06. The molecule has 1 heterocycles. The highest BCUT2D eigenvalue weighted by Crippen LogP contribution is 2.32. The van der Waals surface area contributed by atoms with E-state index >= 15 is 0 Å². The topological polar surface area (TPSA) is 12.9 Å². The average Bonchev–Trinajstić information content (AvgIpc) is 2.94. The summed E-state index contributed by atoms with van der Waals surface area (Å²) >= 11 is 7.24. The maximum Gasteiger partial charge on any atom is 0.416 e. The van der Waals surface area contributed by atoms with E-state index in [1.807, 2.05) is 38.1 Å². The number of aryl methyl sites for hydroxylation is 2. The van der Waals surface area contributed by atoms with Gasteiger partial charge in [-0.3, -0.25) is 0 Å². The van der Waals surface area contributed by atoms with E-state index in [9.17, 15) is 13.2 Å². The van der Waals surface area contributed by atoms with Crippen LogP contribution in [-0.2, 0) is 6.18 Å². The highest BCUT2D eigenvalue weighted by Gasteiger charge is 2.30. The number of halogens is 4. The lowest BCUT2D eigenvalue weighted by molar-refractivity contribution is -0.137. The van der Waals surface area contributed by atoms with Crippen LogP contribution in [0.2, 0.25) is 5.02 Å². The second-order valence-electron chi connectivity index (χ2n) is 5.46. The Bertz CT molecular complexity index is 863. The molecule has 136 valence electrons. The van der Waals surface area contributed by atoms with Gasteiger partial charge in [0, 0.05) is 15.5 Å². The van der Waals surface area contributed by atoms with Crippen molar-refractivity contribution in [2.75, 3.05) is 0 Å². The molecular weight excluding hydrogens is 379 g/mol. The molecule has 0 saturated carbocycles. The molecule has 0 aliphatic carbocycles. The number of benzene rings is 2. The first kappa shape index (κ1) is 20.2.